The van der Waals surface area contributed by atoms with Gasteiger partial charge in [-0.3, -0.25) is 0 Å². The zero-order valence-electron chi connectivity index (χ0n) is 24.6. The van der Waals surface area contributed by atoms with Gasteiger partial charge in [0.2, 0.25) is 17.4 Å². The SMILES string of the molecule is CCN1/C(=C\C=C\C2=[N+](CCCCC(=O)On3c(O)ccc3O)c3ccccc3C2(C)C)C(C)(C)c2ccccc21. The van der Waals surface area contributed by atoms with E-state index in [1.165, 1.54) is 46.0 Å². The highest BCUT2D eigenvalue weighted by Gasteiger charge is 2.44. The van der Waals surface area contributed by atoms with E-state index in [1.807, 2.05) is 0 Å². The summed E-state index contributed by atoms with van der Waals surface area (Å²) in [5.74, 6) is -1.15. The molecule has 0 spiro atoms. The van der Waals surface area contributed by atoms with Crippen LogP contribution in [0.4, 0.5) is 11.4 Å². The number of aromatic nitrogens is 1. The van der Waals surface area contributed by atoms with Gasteiger partial charge in [0.05, 0.1) is 5.41 Å². The van der Waals surface area contributed by atoms with E-state index in [0.717, 1.165) is 24.2 Å². The lowest BCUT2D eigenvalue weighted by atomic mass is 9.81. The van der Waals surface area contributed by atoms with Crippen LogP contribution in [-0.2, 0) is 15.6 Å². The molecule has 2 aromatic carbocycles. The fourth-order valence-electron chi connectivity index (χ4n) is 6.28. The average Bonchev–Trinajstić information content (AvgIpc) is 3.47. The lowest BCUT2D eigenvalue weighted by Crippen LogP contribution is -2.28. The Kier molecular flexibility index (Phi) is 7.56. The number of likely N-dealkylation sites (N-methyl/N-ethyl adjacent to an activating group) is 1. The van der Waals surface area contributed by atoms with Crippen molar-refractivity contribution < 1.29 is 24.4 Å². The lowest BCUT2D eigenvalue weighted by Gasteiger charge is -2.25. The van der Waals surface area contributed by atoms with Crippen molar-refractivity contribution in [3.63, 3.8) is 0 Å². The van der Waals surface area contributed by atoms with Crippen LogP contribution in [0.5, 0.6) is 11.8 Å². The molecule has 0 aliphatic carbocycles. The molecule has 0 saturated carbocycles. The molecule has 0 amide bonds. The number of rotatable bonds is 9. The van der Waals surface area contributed by atoms with Crippen molar-refractivity contribution in [2.24, 2.45) is 0 Å². The van der Waals surface area contributed by atoms with Crippen LogP contribution in [-0.4, -0.2) is 44.3 Å². The molecule has 0 unspecified atom stereocenters. The summed E-state index contributed by atoms with van der Waals surface area (Å²) < 4.78 is 3.10. The highest BCUT2D eigenvalue weighted by atomic mass is 16.7. The topological polar surface area (TPSA) is 77.9 Å². The van der Waals surface area contributed by atoms with Crippen molar-refractivity contribution in [2.45, 2.75) is 64.7 Å². The van der Waals surface area contributed by atoms with E-state index in [2.05, 4.69) is 111 Å². The first kappa shape index (κ1) is 28.3. The molecule has 41 heavy (non-hydrogen) atoms. The molecule has 7 nitrogen and oxygen atoms in total. The molecule has 0 bridgehead atoms. The van der Waals surface area contributed by atoms with Gasteiger partial charge in [-0.25, -0.2) is 4.79 Å². The van der Waals surface area contributed by atoms with Gasteiger partial charge in [-0.15, -0.1) is 4.73 Å². The molecule has 5 rings (SSSR count). The van der Waals surface area contributed by atoms with Crippen LogP contribution in [0, 0.1) is 0 Å². The zero-order valence-corrected chi connectivity index (χ0v) is 24.6. The van der Waals surface area contributed by atoms with E-state index in [-0.39, 0.29) is 29.0 Å². The second kappa shape index (κ2) is 11.0. The van der Waals surface area contributed by atoms with E-state index in [4.69, 9.17) is 4.84 Å². The second-order valence-corrected chi connectivity index (χ2v) is 11.7. The van der Waals surface area contributed by atoms with Crippen molar-refractivity contribution >= 4 is 23.1 Å². The maximum absolute atomic E-state index is 12.3. The fourth-order valence-corrected chi connectivity index (χ4v) is 6.28. The Morgan fingerprint density at radius 2 is 1.56 bits per heavy atom. The Morgan fingerprint density at radius 3 is 2.27 bits per heavy atom. The number of nitrogens with zero attached hydrogens (tertiary/aromatic N) is 3. The fraction of sp³-hybridized carbons (Fsp3) is 0.353. The molecular weight excluding hydrogens is 514 g/mol. The highest BCUT2D eigenvalue weighted by Crippen LogP contribution is 2.47. The Hall–Kier alpha value is -4.26. The van der Waals surface area contributed by atoms with Gasteiger partial charge in [-0.05, 0) is 44.9 Å². The summed E-state index contributed by atoms with van der Waals surface area (Å²) >= 11 is 0. The normalized spacial score (nSPS) is 17.9. The van der Waals surface area contributed by atoms with E-state index >= 15 is 0 Å². The Labute approximate surface area is 242 Å². The first-order valence-electron chi connectivity index (χ1n) is 14.4. The van der Waals surface area contributed by atoms with E-state index in [0.29, 0.717) is 6.42 Å². The van der Waals surface area contributed by atoms with Gasteiger partial charge in [-0.1, -0.05) is 56.3 Å². The van der Waals surface area contributed by atoms with Crippen molar-refractivity contribution in [2.75, 3.05) is 18.0 Å². The molecule has 3 heterocycles. The number of carbonyl (C=O) groups excluding carboxylic acids is 1. The molecule has 7 heteroatoms. The maximum Gasteiger partial charge on any atom is 0.333 e. The Morgan fingerprint density at radius 1 is 0.902 bits per heavy atom. The minimum atomic E-state index is -0.509. The van der Waals surface area contributed by atoms with Crippen LogP contribution in [0.3, 0.4) is 0 Å². The molecule has 0 fully saturated rings. The van der Waals surface area contributed by atoms with Crippen LogP contribution in [0.2, 0.25) is 0 Å². The maximum atomic E-state index is 12.3. The predicted octanol–water partition coefficient (Wildman–Crippen LogP) is 6.36. The van der Waals surface area contributed by atoms with Crippen LogP contribution >= 0.6 is 0 Å². The summed E-state index contributed by atoms with van der Waals surface area (Å²) in [5.41, 5.74) is 7.36. The van der Waals surface area contributed by atoms with Crippen molar-refractivity contribution in [1.29, 1.82) is 0 Å². The first-order chi connectivity index (χ1) is 19.6. The van der Waals surface area contributed by atoms with Gasteiger partial charge in [0.15, 0.2) is 5.71 Å². The Bertz CT molecular complexity index is 1540. The summed E-state index contributed by atoms with van der Waals surface area (Å²) in [7, 11) is 0. The molecule has 0 saturated heterocycles. The number of benzene rings is 2. The quantitative estimate of drug-likeness (QED) is 0.238. The molecule has 0 radical (unpaired) electrons. The smallest absolute Gasteiger partial charge is 0.333 e. The van der Waals surface area contributed by atoms with E-state index < -0.39 is 5.97 Å². The average molecular weight is 555 g/mol. The standard InChI is InChI=1S/C34H39N3O4/c1-6-35-26-16-9-7-14-24(26)33(2,3)28(35)18-13-19-29-34(4,5)25-15-8-10-17-27(25)36(29)23-12-11-20-32(40)41-37-30(38)21-22-31(37)39/h7-10,13-19,21-22H,6,11-12,20,23H2,1-5H3,(H-,38,39)/p+1. The third-order valence-corrected chi connectivity index (χ3v) is 8.43. The first-order valence-corrected chi connectivity index (χ1v) is 14.4. The number of hydrogen-bond donors (Lipinski definition) is 2. The Balaban J connectivity index is 1.36. The molecule has 3 aromatic rings. The van der Waals surface area contributed by atoms with Crippen LogP contribution in [0.1, 0.15) is 65.0 Å². The molecular formula is C34H40N3O4+. The van der Waals surface area contributed by atoms with Gasteiger partial charge < -0.3 is 20.0 Å². The van der Waals surface area contributed by atoms with Crippen LogP contribution in [0.15, 0.2) is 84.6 Å². The van der Waals surface area contributed by atoms with Crippen LogP contribution < -0.4 is 9.74 Å². The number of unbranched alkanes of at least 4 members (excludes halogenated alkanes) is 1. The minimum absolute atomic E-state index is 0.0850. The van der Waals surface area contributed by atoms with Gasteiger partial charge >= 0.3 is 5.97 Å². The van der Waals surface area contributed by atoms with E-state index in [9.17, 15) is 15.0 Å². The predicted molar refractivity (Wildman–Crippen MR) is 162 cm³/mol. The summed E-state index contributed by atoms with van der Waals surface area (Å²) in [6.45, 7) is 13.0. The number of hydrogen-bond acceptors (Lipinski definition) is 5. The lowest BCUT2D eigenvalue weighted by molar-refractivity contribution is -0.438. The summed E-state index contributed by atoms with van der Waals surface area (Å²) in [4.78, 5) is 19.8. The summed E-state index contributed by atoms with van der Waals surface area (Å²) in [6, 6.07) is 19.7. The molecule has 214 valence electrons. The molecule has 1 aromatic heterocycles. The summed E-state index contributed by atoms with van der Waals surface area (Å²) in [5, 5.41) is 19.4. The van der Waals surface area contributed by atoms with Gasteiger partial charge in [0, 0.05) is 66.0 Å². The van der Waals surface area contributed by atoms with E-state index in [1.54, 1.807) is 0 Å². The number of para-hydroxylation sites is 2. The summed E-state index contributed by atoms with van der Waals surface area (Å²) in [6.07, 6.45) is 8.25. The molecule has 2 N–H and O–H groups in total. The monoisotopic (exact) mass is 554 g/mol. The molecule has 0 atom stereocenters. The van der Waals surface area contributed by atoms with Gasteiger partial charge in [0.1, 0.15) is 6.54 Å². The van der Waals surface area contributed by atoms with Crippen LogP contribution in [0.25, 0.3) is 0 Å². The number of carbonyl (C=O) groups is 1. The second-order valence-electron chi connectivity index (χ2n) is 11.7. The molecule has 2 aliphatic rings. The zero-order chi connectivity index (χ0) is 29.4. The van der Waals surface area contributed by atoms with Crippen molar-refractivity contribution in [3.05, 3.63) is 95.7 Å². The number of fused-ring (bicyclic) bond motifs is 2. The highest BCUT2D eigenvalue weighted by molar-refractivity contribution is 6.03. The molecule has 2 aliphatic heterocycles. The number of aromatic hydroxyl groups is 2. The van der Waals surface area contributed by atoms with Gasteiger partial charge in [-0.2, -0.15) is 4.58 Å². The van der Waals surface area contributed by atoms with Crippen molar-refractivity contribution in [1.82, 2.24) is 4.73 Å². The third kappa shape index (κ3) is 5.05. The number of anilines is 1. The third-order valence-electron chi connectivity index (χ3n) is 8.43. The number of allylic oxidation sites excluding steroid dienone is 4. The minimum Gasteiger partial charge on any atom is -0.492 e. The van der Waals surface area contributed by atoms with Gasteiger partial charge in [0.25, 0.3) is 0 Å². The largest absolute Gasteiger partial charge is 0.492 e. The van der Waals surface area contributed by atoms with Crippen molar-refractivity contribution in [3.8, 4) is 11.8 Å².